The van der Waals surface area contributed by atoms with Crippen LogP contribution < -0.4 is 5.32 Å². The maximum absolute atomic E-state index is 12.6. The van der Waals surface area contributed by atoms with Crippen molar-refractivity contribution in [1.29, 1.82) is 0 Å². The van der Waals surface area contributed by atoms with Crippen molar-refractivity contribution < 1.29 is 13.2 Å². The zero-order valence-electron chi connectivity index (χ0n) is 12.8. The summed E-state index contributed by atoms with van der Waals surface area (Å²) < 4.78 is 26.1. The Morgan fingerprint density at radius 1 is 1.17 bits per heavy atom. The standard InChI is InChI=1S/C16H17ClN2O3S/c1-12-10-13(17)8-9-15(12)23(21,22)19(2)11-16(20)18-14-6-4-3-5-7-14/h3-10H,11H2,1-2H3,(H,18,20). The monoisotopic (exact) mass is 352 g/mol. The molecule has 7 heteroatoms. The summed E-state index contributed by atoms with van der Waals surface area (Å²) in [5.74, 6) is -0.408. The molecule has 1 N–H and O–H groups in total. The molecule has 0 aromatic heterocycles. The number of aryl methyl sites for hydroxylation is 1. The van der Waals surface area contributed by atoms with Crippen LogP contribution in [-0.4, -0.2) is 32.2 Å². The molecule has 2 rings (SSSR count). The second kappa shape index (κ2) is 7.12. The van der Waals surface area contributed by atoms with Crippen LogP contribution in [0.25, 0.3) is 0 Å². The van der Waals surface area contributed by atoms with Gasteiger partial charge in [0.1, 0.15) is 0 Å². The van der Waals surface area contributed by atoms with E-state index in [4.69, 9.17) is 11.6 Å². The van der Waals surface area contributed by atoms with Gasteiger partial charge in [0, 0.05) is 17.8 Å². The normalized spacial score (nSPS) is 11.5. The first-order valence-electron chi connectivity index (χ1n) is 6.88. The van der Waals surface area contributed by atoms with Crippen molar-refractivity contribution in [2.75, 3.05) is 18.9 Å². The fourth-order valence-corrected chi connectivity index (χ4v) is 3.63. The second-order valence-corrected chi connectivity index (χ2v) is 7.53. The van der Waals surface area contributed by atoms with E-state index in [2.05, 4.69) is 5.32 Å². The van der Waals surface area contributed by atoms with Gasteiger partial charge in [0.2, 0.25) is 15.9 Å². The Hall–Kier alpha value is -1.89. The van der Waals surface area contributed by atoms with Gasteiger partial charge in [0.05, 0.1) is 11.4 Å². The Bertz CT molecular complexity index is 807. The van der Waals surface area contributed by atoms with Crippen LogP contribution in [0.15, 0.2) is 53.4 Å². The highest BCUT2D eigenvalue weighted by Gasteiger charge is 2.24. The van der Waals surface area contributed by atoms with E-state index in [0.29, 0.717) is 16.3 Å². The van der Waals surface area contributed by atoms with Gasteiger partial charge in [0.15, 0.2) is 0 Å². The van der Waals surface area contributed by atoms with Crippen molar-refractivity contribution in [3.05, 3.63) is 59.1 Å². The summed E-state index contributed by atoms with van der Waals surface area (Å²) in [4.78, 5) is 12.1. The fraction of sp³-hybridized carbons (Fsp3) is 0.188. The highest BCUT2D eigenvalue weighted by molar-refractivity contribution is 7.89. The smallest absolute Gasteiger partial charge is 0.243 e. The van der Waals surface area contributed by atoms with Crippen molar-refractivity contribution in [3.63, 3.8) is 0 Å². The first kappa shape index (κ1) is 17.5. The lowest BCUT2D eigenvalue weighted by molar-refractivity contribution is -0.116. The predicted octanol–water partition coefficient (Wildman–Crippen LogP) is 2.91. The van der Waals surface area contributed by atoms with Gasteiger partial charge in [-0.05, 0) is 42.8 Å². The molecule has 5 nitrogen and oxygen atoms in total. The number of sulfonamides is 1. The first-order chi connectivity index (χ1) is 10.8. The van der Waals surface area contributed by atoms with Gasteiger partial charge < -0.3 is 5.32 Å². The molecular weight excluding hydrogens is 336 g/mol. The number of hydrogen-bond donors (Lipinski definition) is 1. The molecule has 0 aliphatic carbocycles. The molecule has 0 atom stereocenters. The number of rotatable bonds is 5. The Morgan fingerprint density at radius 3 is 2.43 bits per heavy atom. The van der Waals surface area contributed by atoms with Crippen molar-refractivity contribution in [3.8, 4) is 0 Å². The third kappa shape index (κ3) is 4.31. The van der Waals surface area contributed by atoms with E-state index in [-0.39, 0.29) is 11.4 Å². The third-order valence-electron chi connectivity index (χ3n) is 3.25. The summed E-state index contributed by atoms with van der Waals surface area (Å²) in [6.45, 7) is 1.38. The molecule has 0 radical (unpaired) electrons. The fourth-order valence-electron chi connectivity index (χ4n) is 2.08. The molecule has 23 heavy (non-hydrogen) atoms. The van der Waals surface area contributed by atoms with Gasteiger partial charge in [0.25, 0.3) is 0 Å². The summed E-state index contributed by atoms with van der Waals surface area (Å²) in [7, 11) is -2.39. The summed E-state index contributed by atoms with van der Waals surface area (Å²) in [6, 6.07) is 13.4. The van der Waals surface area contributed by atoms with Crippen molar-refractivity contribution in [2.24, 2.45) is 0 Å². The average molecular weight is 353 g/mol. The number of hydrogen-bond acceptors (Lipinski definition) is 3. The Morgan fingerprint density at radius 2 is 1.83 bits per heavy atom. The molecule has 0 unspecified atom stereocenters. The van der Waals surface area contributed by atoms with Gasteiger partial charge in [-0.1, -0.05) is 29.8 Å². The molecule has 0 saturated heterocycles. The maximum Gasteiger partial charge on any atom is 0.243 e. The number of anilines is 1. The van der Waals surface area contributed by atoms with Gasteiger partial charge in [-0.2, -0.15) is 4.31 Å². The predicted molar refractivity (Wildman–Crippen MR) is 91.1 cm³/mol. The topological polar surface area (TPSA) is 66.5 Å². The number of carbonyl (C=O) groups excluding carboxylic acids is 1. The molecule has 0 heterocycles. The molecular formula is C16H17ClN2O3S. The lowest BCUT2D eigenvalue weighted by atomic mass is 10.2. The van der Waals surface area contributed by atoms with E-state index < -0.39 is 15.9 Å². The third-order valence-corrected chi connectivity index (χ3v) is 5.45. The summed E-state index contributed by atoms with van der Waals surface area (Å²) in [5, 5.41) is 3.12. The molecule has 0 spiro atoms. The van der Waals surface area contributed by atoms with Crippen LogP contribution >= 0.6 is 11.6 Å². The largest absolute Gasteiger partial charge is 0.325 e. The quantitative estimate of drug-likeness (QED) is 0.899. The van der Waals surface area contributed by atoms with Gasteiger partial charge in [-0.15, -0.1) is 0 Å². The Kier molecular flexibility index (Phi) is 5.41. The van der Waals surface area contributed by atoms with E-state index in [1.54, 1.807) is 37.3 Å². The van der Waals surface area contributed by atoms with Crippen LogP contribution in [-0.2, 0) is 14.8 Å². The van der Waals surface area contributed by atoms with E-state index in [9.17, 15) is 13.2 Å². The van der Waals surface area contributed by atoms with Crippen molar-refractivity contribution >= 4 is 33.2 Å². The minimum atomic E-state index is -3.76. The van der Waals surface area contributed by atoms with E-state index >= 15 is 0 Å². The molecule has 2 aromatic rings. The van der Waals surface area contributed by atoms with Gasteiger partial charge in [-0.3, -0.25) is 4.79 Å². The zero-order valence-corrected chi connectivity index (χ0v) is 14.4. The number of nitrogens with zero attached hydrogens (tertiary/aromatic N) is 1. The van der Waals surface area contributed by atoms with E-state index in [1.165, 1.54) is 19.2 Å². The summed E-state index contributed by atoms with van der Waals surface area (Å²) >= 11 is 5.85. The summed E-state index contributed by atoms with van der Waals surface area (Å²) in [5.41, 5.74) is 1.15. The highest BCUT2D eigenvalue weighted by atomic mass is 35.5. The Balaban J connectivity index is 2.12. The maximum atomic E-state index is 12.6. The van der Waals surface area contributed by atoms with Crippen LogP contribution in [0.5, 0.6) is 0 Å². The lowest BCUT2D eigenvalue weighted by Crippen LogP contribution is -2.35. The van der Waals surface area contributed by atoms with Gasteiger partial charge >= 0.3 is 0 Å². The molecule has 0 saturated carbocycles. The van der Waals surface area contributed by atoms with Crippen molar-refractivity contribution in [2.45, 2.75) is 11.8 Å². The molecule has 0 aliphatic rings. The van der Waals surface area contributed by atoms with Crippen LogP contribution in [0.4, 0.5) is 5.69 Å². The van der Waals surface area contributed by atoms with Crippen LogP contribution in [0.1, 0.15) is 5.56 Å². The van der Waals surface area contributed by atoms with Crippen LogP contribution in [0, 0.1) is 6.92 Å². The highest BCUT2D eigenvalue weighted by Crippen LogP contribution is 2.22. The molecule has 0 aliphatic heterocycles. The van der Waals surface area contributed by atoms with Gasteiger partial charge in [-0.25, -0.2) is 8.42 Å². The van der Waals surface area contributed by atoms with Crippen molar-refractivity contribution in [1.82, 2.24) is 4.31 Å². The summed E-state index contributed by atoms with van der Waals surface area (Å²) in [6.07, 6.45) is 0. The van der Waals surface area contributed by atoms with Crippen LogP contribution in [0.3, 0.4) is 0 Å². The molecule has 0 fully saturated rings. The lowest BCUT2D eigenvalue weighted by Gasteiger charge is -2.18. The zero-order chi connectivity index (χ0) is 17.0. The molecule has 122 valence electrons. The number of para-hydroxylation sites is 1. The minimum absolute atomic E-state index is 0.136. The second-order valence-electron chi connectivity index (χ2n) is 5.09. The van der Waals surface area contributed by atoms with E-state index in [1.807, 2.05) is 6.07 Å². The number of likely N-dealkylation sites (N-methyl/N-ethyl adjacent to an activating group) is 1. The van der Waals surface area contributed by atoms with E-state index in [0.717, 1.165) is 4.31 Å². The SMILES string of the molecule is Cc1cc(Cl)ccc1S(=O)(=O)N(C)CC(=O)Nc1ccccc1. The number of benzene rings is 2. The minimum Gasteiger partial charge on any atom is -0.325 e. The average Bonchev–Trinajstić information content (AvgIpc) is 2.47. The number of amides is 1. The molecule has 1 amide bonds. The number of halogens is 1. The first-order valence-corrected chi connectivity index (χ1v) is 8.70. The number of carbonyl (C=O) groups is 1. The van der Waals surface area contributed by atoms with Crippen LogP contribution in [0.2, 0.25) is 5.02 Å². The Labute approximate surface area is 140 Å². The molecule has 2 aromatic carbocycles. The molecule has 0 bridgehead atoms. The number of nitrogens with one attached hydrogen (secondary N) is 1.